The van der Waals surface area contributed by atoms with E-state index >= 15 is 0 Å². The lowest BCUT2D eigenvalue weighted by Crippen LogP contribution is -2.44. The highest BCUT2D eigenvalue weighted by Crippen LogP contribution is 2.26. The second-order valence-electron chi connectivity index (χ2n) is 5.29. The number of rotatable bonds is 4. The van der Waals surface area contributed by atoms with E-state index in [1.54, 1.807) is 11.3 Å². The SMILES string of the molecule is CCc1ccsc1C(=O)N(CC)C1CCC(N)CC1. The summed E-state index contributed by atoms with van der Waals surface area (Å²) in [4.78, 5) is 15.7. The zero-order valence-corrected chi connectivity index (χ0v) is 12.7. The molecule has 1 heterocycles. The fourth-order valence-electron chi connectivity index (χ4n) is 2.91. The van der Waals surface area contributed by atoms with Gasteiger partial charge in [-0.15, -0.1) is 11.3 Å². The molecular weight excluding hydrogens is 256 g/mol. The molecule has 0 radical (unpaired) electrons. The Hall–Kier alpha value is -0.870. The Kier molecular flexibility index (Phi) is 4.99. The van der Waals surface area contributed by atoms with Crippen molar-refractivity contribution in [3.05, 3.63) is 21.9 Å². The molecule has 1 aromatic rings. The Labute approximate surface area is 119 Å². The largest absolute Gasteiger partial charge is 0.335 e. The highest BCUT2D eigenvalue weighted by molar-refractivity contribution is 7.12. The van der Waals surface area contributed by atoms with Crippen LogP contribution < -0.4 is 5.73 Å². The molecule has 1 saturated carbocycles. The maximum absolute atomic E-state index is 12.7. The van der Waals surface area contributed by atoms with Crippen molar-refractivity contribution in [2.45, 2.75) is 58.0 Å². The van der Waals surface area contributed by atoms with Gasteiger partial charge in [0.25, 0.3) is 5.91 Å². The van der Waals surface area contributed by atoms with Crippen LogP contribution in [0.2, 0.25) is 0 Å². The molecule has 1 aliphatic rings. The standard InChI is InChI=1S/C15H24N2OS/c1-3-11-9-10-19-14(11)15(18)17(4-2)13-7-5-12(16)6-8-13/h9-10,12-13H,3-8,16H2,1-2H3. The summed E-state index contributed by atoms with van der Waals surface area (Å²) in [6, 6.07) is 2.78. The molecule has 1 aliphatic carbocycles. The number of hydrogen-bond acceptors (Lipinski definition) is 3. The molecule has 3 nitrogen and oxygen atoms in total. The van der Waals surface area contributed by atoms with Gasteiger partial charge in [-0.2, -0.15) is 0 Å². The van der Waals surface area contributed by atoms with Crippen LogP contribution in [0.4, 0.5) is 0 Å². The van der Waals surface area contributed by atoms with Gasteiger partial charge in [-0.25, -0.2) is 0 Å². The number of carbonyl (C=O) groups is 1. The molecule has 0 aliphatic heterocycles. The Morgan fingerprint density at radius 2 is 2.05 bits per heavy atom. The van der Waals surface area contributed by atoms with Gasteiger partial charge in [-0.3, -0.25) is 4.79 Å². The van der Waals surface area contributed by atoms with Crippen molar-refractivity contribution in [1.29, 1.82) is 0 Å². The number of hydrogen-bond donors (Lipinski definition) is 1. The van der Waals surface area contributed by atoms with Gasteiger partial charge >= 0.3 is 0 Å². The molecule has 2 N–H and O–H groups in total. The van der Waals surface area contributed by atoms with Crippen LogP contribution in [0, 0.1) is 0 Å². The fraction of sp³-hybridized carbons (Fsp3) is 0.667. The molecule has 0 unspecified atom stereocenters. The summed E-state index contributed by atoms with van der Waals surface area (Å²) in [6.45, 7) is 4.97. The van der Waals surface area contributed by atoms with E-state index in [1.165, 1.54) is 5.56 Å². The minimum atomic E-state index is 0.217. The molecular formula is C15H24N2OS. The van der Waals surface area contributed by atoms with Crippen molar-refractivity contribution in [2.75, 3.05) is 6.54 Å². The topological polar surface area (TPSA) is 46.3 Å². The second-order valence-corrected chi connectivity index (χ2v) is 6.20. The van der Waals surface area contributed by atoms with Gasteiger partial charge in [0.05, 0.1) is 4.88 Å². The lowest BCUT2D eigenvalue weighted by atomic mass is 9.90. The monoisotopic (exact) mass is 280 g/mol. The number of nitrogens with two attached hydrogens (primary N) is 1. The van der Waals surface area contributed by atoms with Gasteiger partial charge in [0.1, 0.15) is 0 Å². The molecule has 0 saturated heterocycles. The predicted octanol–water partition coefficient (Wildman–Crippen LogP) is 3.04. The molecule has 106 valence electrons. The van der Waals surface area contributed by atoms with Crippen molar-refractivity contribution in [1.82, 2.24) is 4.90 Å². The summed E-state index contributed by atoms with van der Waals surface area (Å²) in [5.74, 6) is 0.217. The van der Waals surface area contributed by atoms with Gasteiger partial charge in [0.15, 0.2) is 0 Å². The van der Waals surface area contributed by atoms with Crippen LogP contribution in [-0.2, 0) is 6.42 Å². The first-order valence-corrected chi connectivity index (χ1v) is 8.18. The van der Waals surface area contributed by atoms with Gasteiger partial charge in [-0.05, 0) is 56.0 Å². The van der Waals surface area contributed by atoms with E-state index < -0.39 is 0 Å². The van der Waals surface area contributed by atoms with Crippen molar-refractivity contribution < 1.29 is 4.79 Å². The molecule has 1 amide bonds. The minimum Gasteiger partial charge on any atom is -0.335 e. The number of carbonyl (C=O) groups excluding carboxylic acids is 1. The van der Waals surface area contributed by atoms with Crippen molar-refractivity contribution in [3.63, 3.8) is 0 Å². The molecule has 0 atom stereocenters. The number of thiophene rings is 1. The van der Waals surface area contributed by atoms with E-state index in [9.17, 15) is 4.79 Å². The molecule has 1 aromatic heterocycles. The third-order valence-corrected chi connectivity index (χ3v) is 5.05. The van der Waals surface area contributed by atoms with E-state index in [0.717, 1.165) is 43.5 Å². The minimum absolute atomic E-state index is 0.217. The second kappa shape index (κ2) is 6.53. The van der Waals surface area contributed by atoms with E-state index in [2.05, 4.69) is 24.8 Å². The molecule has 2 rings (SSSR count). The van der Waals surface area contributed by atoms with Crippen molar-refractivity contribution >= 4 is 17.2 Å². The van der Waals surface area contributed by atoms with E-state index in [1.807, 2.05) is 5.38 Å². The van der Waals surface area contributed by atoms with Gasteiger partial charge < -0.3 is 10.6 Å². The number of nitrogens with zero attached hydrogens (tertiary/aromatic N) is 1. The average molecular weight is 280 g/mol. The maximum atomic E-state index is 12.7. The van der Waals surface area contributed by atoms with Crippen molar-refractivity contribution in [2.24, 2.45) is 5.73 Å². The fourth-order valence-corrected chi connectivity index (χ4v) is 3.86. The third kappa shape index (κ3) is 3.18. The van der Waals surface area contributed by atoms with Crippen LogP contribution in [-0.4, -0.2) is 29.4 Å². The summed E-state index contributed by atoms with van der Waals surface area (Å²) >= 11 is 1.57. The molecule has 1 fully saturated rings. The van der Waals surface area contributed by atoms with Crippen LogP contribution in [0.3, 0.4) is 0 Å². The van der Waals surface area contributed by atoms with E-state index in [0.29, 0.717) is 12.1 Å². The third-order valence-electron chi connectivity index (χ3n) is 4.11. The molecule has 19 heavy (non-hydrogen) atoms. The first-order valence-electron chi connectivity index (χ1n) is 7.30. The van der Waals surface area contributed by atoms with Crippen LogP contribution in [0.25, 0.3) is 0 Å². The number of amides is 1. The van der Waals surface area contributed by atoms with Crippen LogP contribution in [0.15, 0.2) is 11.4 Å². The quantitative estimate of drug-likeness (QED) is 0.921. The lowest BCUT2D eigenvalue weighted by Gasteiger charge is -2.35. The first kappa shape index (κ1) is 14.5. The van der Waals surface area contributed by atoms with E-state index in [-0.39, 0.29) is 5.91 Å². The molecule has 0 spiro atoms. The average Bonchev–Trinajstić information content (AvgIpc) is 2.90. The highest BCUT2D eigenvalue weighted by Gasteiger charge is 2.28. The van der Waals surface area contributed by atoms with Gasteiger partial charge in [0.2, 0.25) is 0 Å². The maximum Gasteiger partial charge on any atom is 0.264 e. The van der Waals surface area contributed by atoms with Crippen LogP contribution >= 0.6 is 11.3 Å². The number of aryl methyl sites for hydroxylation is 1. The predicted molar refractivity (Wildman–Crippen MR) is 80.6 cm³/mol. The molecule has 4 heteroatoms. The lowest BCUT2D eigenvalue weighted by molar-refractivity contribution is 0.0645. The molecule has 0 aromatic carbocycles. The van der Waals surface area contributed by atoms with Gasteiger partial charge in [0, 0.05) is 18.6 Å². The van der Waals surface area contributed by atoms with Gasteiger partial charge in [-0.1, -0.05) is 6.92 Å². The Bertz CT molecular complexity index is 422. The summed E-state index contributed by atoms with van der Waals surface area (Å²) in [7, 11) is 0. The smallest absolute Gasteiger partial charge is 0.264 e. The van der Waals surface area contributed by atoms with E-state index in [4.69, 9.17) is 5.73 Å². The normalized spacial score (nSPS) is 23.3. The van der Waals surface area contributed by atoms with Crippen molar-refractivity contribution in [3.8, 4) is 0 Å². The summed E-state index contributed by atoms with van der Waals surface area (Å²) in [5.41, 5.74) is 7.13. The molecule has 0 bridgehead atoms. The summed E-state index contributed by atoms with van der Waals surface area (Å²) in [5, 5.41) is 2.02. The highest BCUT2D eigenvalue weighted by atomic mass is 32.1. The zero-order valence-electron chi connectivity index (χ0n) is 11.9. The first-order chi connectivity index (χ1) is 9.17. The van der Waals surface area contributed by atoms with Crippen LogP contribution in [0.1, 0.15) is 54.8 Å². The summed E-state index contributed by atoms with van der Waals surface area (Å²) in [6.07, 6.45) is 5.11. The summed E-state index contributed by atoms with van der Waals surface area (Å²) < 4.78 is 0. The Morgan fingerprint density at radius 1 is 1.37 bits per heavy atom. The zero-order chi connectivity index (χ0) is 13.8. The Balaban J connectivity index is 2.11. The van der Waals surface area contributed by atoms with Crippen LogP contribution in [0.5, 0.6) is 0 Å². The Morgan fingerprint density at radius 3 is 2.63 bits per heavy atom.